The Balaban J connectivity index is 1.49. The van der Waals surface area contributed by atoms with Crippen molar-refractivity contribution in [2.45, 2.75) is 45.9 Å². The van der Waals surface area contributed by atoms with Gasteiger partial charge in [0.2, 0.25) is 11.8 Å². The van der Waals surface area contributed by atoms with Crippen LogP contribution < -0.4 is 16.0 Å². The number of ether oxygens (including phenoxy) is 1. The van der Waals surface area contributed by atoms with E-state index in [1.165, 1.54) is 0 Å². The molecule has 0 spiro atoms. The first-order chi connectivity index (χ1) is 14.9. The lowest BCUT2D eigenvalue weighted by molar-refractivity contribution is -0.124. The molecule has 0 heterocycles. The van der Waals surface area contributed by atoms with Crippen molar-refractivity contribution in [3.63, 3.8) is 0 Å². The first-order valence-electron chi connectivity index (χ1n) is 10.6. The van der Waals surface area contributed by atoms with Gasteiger partial charge in [-0.05, 0) is 42.0 Å². The van der Waals surface area contributed by atoms with Crippen LogP contribution in [0.15, 0.2) is 54.6 Å². The Morgan fingerprint density at radius 1 is 1.00 bits per heavy atom. The van der Waals surface area contributed by atoms with Crippen molar-refractivity contribution in [2.75, 3.05) is 5.32 Å². The summed E-state index contributed by atoms with van der Waals surface area (Å²) in [6.45, 7) is 4.14. The van der Waals surface area contributed by atoms with Crippen molar-refractivity contribution in [3.05, 3.63) is 65.7 Å². The molecule has 7 nitrogen and oxygen atoms in total. The second-order valence-electron chi connectivity index (χ2n) is 8.11. The molecule has 3 amide bonds. The number of benzene rings is 2. The number of rotatable bonds is 9. The molecule has 0 radical (unpaired) electrons. The first kappa shape index (κ1) is 22.3. The third-order valence-electron chi connectivity index (χ3n) is 5.04. The molecule has 0 aliphatic heterocycles. The van der Waals surface area contributed by atoms with Gasteiger partial charge in [0.15, 0.2) is 0 Å². The van der Waals surface area contributed by atoms with Crippen LogP contribution in [0.5, 0.6) is 0 Å². The lowest BCUT2D eigenvalue weighted by atomic mass is 10.0. The summed E-state index contributed by atoms with van der Waals surface area (Å²) >= 11 is 0. The summed E-state index contributed by atoms with van der Waals surface area (Å²) in [4.78, 5) is 36.8. The second kappa shape index (κ2) is 10.6. The predicted octanol–water partition coefficient (Wildman–Crippen LogP) is 3.60. The summed E-state index contributed by atoms with van der Waals surface area (Å²) < 4.78 is 5.23. The summed E-state index contributed by atoms with van der Waals surface area (Å²) in [5.41, 5.74) is 2.44. The monoisotopic (exact) mass is 423 g/mol. The van der Waals surface area contributed by atoms with E-state index < -0.39 is 12.1 Å². The van der Waals surface area contributed by atoms with Gasteiger partial charge in [-0.3, -0.25) is 9.59 Å². The van der Waals surface area contributed by atoms with E-state index in [1.807, 2.05) is 68.4 Å². The number of amides is 3. The maximum atomic E-state index is 12.7. The highest BCUT2D eigenvalue weighted by atomic mass is 16.5. The van der Waals surface area contributed by atoms with Gasteiger partial charge in [0, 0.05) is 18.2 Å². The van der Waals surface area contributed by atoms with Crippen LogP contribution in [0.2, 0.25) is 0 Å². The van der Waals surface area contributed by atoms with Crippen LogP contribution in [0.4, 0.5) is 10.5 Å². The van der Waals surface area contributed by atoms with E-state index in [2.05, 4.69) is 16.0 Å². The fraction of sp³-hybridized carbons (Fsp3) is 0.375. The zero-order chi connectivity index (χ0) is 22.2. The minimum atomic E-state index is -0.721. The van der Waals surface area contributed by atoms with E-state index in [0.29, 0.717) is 5.69 Å². The van der Waals surface area contributed by atoms with Crippen LogP contribution >= 0.6 is 0 Å². The van der Waals surface area contributed by atoms with Crippen LogP contribution in [0.1, 0.15) is 37.8 Å². The number of anilines is 1. The molecule has 7 heteroatoms. The van der Waals surface area contributed by atoms with Gasteiger partial charge in [-0.1, -0.05) is 56.3 Å². The molecular formula is C24H29N3O4. The summed E-state index contributed by atoms with van der Waals surface area (Å²) in [5.74, 6) is -0.241. The molecular weight excluding hydrogens is 394 g/mol. The fourth-order valence-corrected chi connectivity index (χ4v) is 3.07. The molecule has 31 heavy (non-hydrogen) atoms. The van der Waals surface area contributed by atoms with E-state index in [9.17, 15) is 14.4 Å². The van der Waals surface area contributed by atoms with Gasteiger partial charge < -0.3 is 20.7 Å². The average Bonchev–Trinajstić information content (AvgIpc) is 3.61. The van der Waals surface area contributed by atoms with Crippen LogP contribution in [0, 0.1) is 11.8 Å². The van der Waals surface area contributed by atoms with Crippen molar-refractivity contribution in [1.82, 2.24) is 10.6 Å². The Labute approximate surface area is 182 Å². The molecule has 0 aromatic heterocycles. The molecule has 1 unspecified atom stereocenters. The minimum Gasteiger partial charge on any atom is -0.445 e. The number of hydrogen-bond acceptors (Lipinski definition) is 4. The molecule has 1 aliphatic rings. The standard InChI is InChI=1S/C24H29N3O4/c1-16(2)21(27-24(30)31-15-17-7-4-3-5-8-17)23(29)25-14-18-9-6-10-20(13-18)26-22(28)19-11-12-19/h3-10,13,16,19,21H,11-12,14-15H2,1-2H3,(H,25,29)(H,26,28)(H,27,30). The van der Waals surface area contributed by atoms with E-state index in [1.54, 1.807) is 0 Å². The average molecular weight is 424 g/mol. The van der Waals surface area contributed by atoms with Crippen LogP contribution in [0.3, 0.4) is 0 Å². The number of hydrogen-bond donors (Lipinski definition) is 3. The first-order valence-corrected chi connectivity index (χ1v) is 10.6. The van der Waals surface area contributed by atoms with Gasteiger partial charge in [0.05, 0.1) is 0 Å². The van der Waals surface area contributed by atoms with Crippen LogP contribution in [0.25, 0.3) is 0 Å². The Morgan fingerprint density at radius 2 is 1.71 bits per heavy atom. The fourth-order valence-electron chi connectivity index (χ4n) is 3.07. The third kappa shape index (κ3) is 7.13. The topological polar surface area (TPSA) is 96.5 Å². The number of carbonyl (C=O) groups excluding carboxylic acids is 3. The van der Waals surface area contributed by atoms with Gasteiger partial charge in [0.1, 0.15) is 12.6 Å². The normalized spacial score (nSPS) is 13.9. The lowest BCUT2D eigenvalue weighted by Crippen LogP contribution is -2.49. The molecule has 1 fully saturated rings. The van der Waals surface area contributed by atoms with E-state index in [4.69, 9.17) is 4.74 Å². The number of nitrogens with one attached hydrogen (secondary N) is 3. The molecule has 0 saturated heterocycles. The maximum absolute atomic E-state index is 12.7. The molecule has 0 bridgehead atoms. The lowest BCUT2D eigenvalue weighted by Gasteiger charge is -2.21. The van der Waals surface area contributed by atoms with Crippen molar-refractivity contribution in [2.24, 2.45) is 11.8 Å². The summed E-state index contributed by atoms with van der Waals surface area (Å²) in [7, 11) is 0. The van der Waals surface area contributed by atoms with Gasteiger partial charge in [-0.15, -0.1) is 0 Å². The highest BCUT2D eigenvalue weighted by Crippen LogP contribution is 2.30. The summed E-state index contributed by atoms with van der Waals surface area (Å²) in [6, 6.07) is 16.0. The molecule has 1 aliphatic carbocycles. The van der Waals surface area contributed by atoms with Gasteiger partial charge in [-0.25, -0.2) is 4.79 Å². The predicted molar refractivity (Wildman–Crippen MR) is 118 cm³/mol. The van der Waals surface area contributed by atoms with E-state index in [0.717, 1.165) is 24.0 Å². The highest BCUT2D eigenvalue weighted by molar-refractivity contribution is 5.94. The van der Waals surface area contributed by atoms with Gasteiger partial charge in [0.25, 0.3) is 0 Å². The van der Waals surface area contributed by atoms with E-state index >= 15 is 0 Å². The molecule has 1 atom stereocenters. The maximum Gasteiger partial charge on any atom is 0.408 e. The molecule has 164 valence electrons. The Bertz CT molecular complexity index is 910. The van der Waals surface area contributed by atoms with E-state index in [-0.39, 0.29) is 36.8 Å². The molecule has 2 aromatic rings. The Hall–Kier alpha value is -3.35. The molecule has 1 saturated carbocycles. The molecule has 3 N–H and O–H groups in total. The van der Waals surface area contributed by atoms with Crippen molar-refractivity contribution >= 4 is 23.6 Å². The number of carbonyl (C=O) groups is 3. The SMILES string of the molecule is CC(C)C(NC(=O)OCc1ccccc1)C(=O)NCc1cccc(NC(=O)C2CC2)c1. The van der Waals surface area contributed by atoms with Gasteiger partial charge >= 0.3 is 6.09 Å². The Morgan fingerprint density at radius 3 is 2.39 bits per heavy atom. The second-order valence-corrected chi connectivity index (χ2v) is 8.11. The zero-order valence-electron chi connectivity index (χ0n) is 17.9. The summed E-state index contributed by atoms with van der Waals surface area (Å²) in [5, 5.41) is 8.40. The van der Waals surface area contributed by atoms with Gasteiger partial charge in [-0.2, -0.15) is 0 Å². The highest BCUT2D eigenvalue weighted by Gasteiger charge is 2.29. The van der Waals surface area contributed by atoms with Crippen molar-refractivity contribution in [1.29, 1.82) is 0 Å². The summed E-state index contributed by atoms with van der Waals surface area (Å²) in [6.07, 6.45) is 1.25. The smallest absolute Gasteiger partial charge is 0.408 e. The van der Waals surface area contributed by atoms with Crippen molar-refractivity contribution in [3.8, 4) is 0 Å². The van der Waals surface area contributed by atoms with Crippen LogP contribution in [-0.2, 0) is 27.5 Å². The zero-order valence-corrected chi connectivity index (χ0v) is 17.9. The Kier molecular flexibility index (Phi) is 7.65. The number of alkyl carbamates (subject to hydrolysis) is 1. The molecule has 3 rings (SSSR count). The third-order valence-corrected chi connectivity index (χ3v) is 5.04. The van der Waals surface area contributed by atoms with Crippen LogP contribution in [-0.4, -0.2) is 23.9 Å². The largest absolute Gasteiger partial charge is 0.445 e. The quantitative estimate of drug-likeness (QED) is 0.574. The molecule has 2 aromatic carbocycles. The minimum absolute atomic E-state index is 0.0410. The van der Waals surface area contributed by atoms with Crippen molar-refractivity contribution < 1.29 is 19.1 Å².